The Morgan fingerprint density at radius 1 is 0.386 bits per heavy atom. The SMILES string of the molecule is CCCCCCCCCCCCCSc1cc(CCCCCCCCC)cc(SCCCCCCCCCCCCC)c1O. The number of phenolic OH excluding ortho intramolecular Hbond substituents is 1. The summed E-state index contributed by atoms with van der Waals surface area (Å²) < 4.78 is 0. The number of benzene rings is 1. The van der Waals surface area contributed by atoms with E-state index >= 15 is 0 Å². The first kappa shape index (κ1) is 41.7. The molecule has 44 heavy (non-hydrogen) atoms. The van der Waals surface area contributed by atoms with Gasteiger partial charge < -0.3 is 5.11 Å². The summed E-state index contributed by atoms with van der Waals surface area (Å²) >= 11 is 3.81. The van der Waals surface area contributed by atoms with E-state index in [1.54, 1.807) is 0 Å². The number of rotatable bonds is 34. The summed E-state index contributed by atoms with van der Waals surface area (Å²) in [5, 5.41) is 11.2. The zero-order valence-corrected chi connectivity index (χ0v) is 31.7. The van der Waals surface area contributed by atoms with Gasteiger partial charge in [-0.15, -0.1) is 23.5 Å². The van der Waals surface area contributed by atoms with Crippen molar-refractivity contribution in [3.8, 4) is 5.75 Å². The molecule has 1 aromatic carbocycles. The van der Waals surface area contributed by atoms with Crippen molar-refractivity contribution < 1.29 is 5.11 Å². The minimum atomic E-state index is 0.564. The van der Waals surface area contributed by atoms with Gasteiger partial charge in [-0.3, -0.25) is 0 Å². The molecular weight excluding hydrogens is 573 g/mol. The van der Waals surface area contributed by atoms with Crippen LogP contribution in [-0.2, 0) is 6.42 Å². The van der Waals surface area contributed by atoms with Gasteiger partial charge in [0.25, 0.3) is 0 Å². The van der Waals surface area contributed by atoms with Crippen molar-refractivity contribution >= 4 is 23.5 Å². The van der Waals surface area contributed by atoms with Gasteiger partial charge in [-0.2, -0.15) is 0 Å². The fraction of sp³-hybridized carbons (Fsp3) is 0.854. The summed E-state index contributed by atoms with van der Waals surface area (Å²) in [6.45, 7) is 6.89. The molecule has 0 radical (unpaired) electrons. The average molecular weight is 649 g/mol. The van der Waals surface area contributed by atoms with Crippen LogP contribution in [0.4, 0.5) is 0 Å². The van der Waals surface area contributed by atoms with Crippen LogP contribution in [0, 0.1) is 0 Å². The summed E-state index contributed by atoms with van der Waals surface area (Å²) in [5.74, 6) is 2.83. The standard InChI is InChI=1S/C41H76OS2/c1-4-7-10-13-16-18-20-22-25-28-31-34-43-39-36-38(33-30-27-24-15-12-9-6-3)37-40(41(39)42)44-35-32-29-26-23-21-19-17-14-11-8-5-2/h36-37,42H,4-35H2,1-3H3. The molecule has 258 valence electrons. The van der Waals surface area contributed by atoms with Gasteiger partial charge in [0.1, 0.15) is 5.75 Å². The lowest BCUT2D eigenvalue weighted by Crippen LogP contribution is -1.92. The molecule has 0 saturated heterocycles. The monoisotopic (exact) mass is 649 g/mol. The van der Waals surface area contributed by atoms with E-state index < -0.39 is 0 Å². The number of hydrogen-bond acceptors (Lipinski definition) is 3. The zero-order chi connectivity index (χ0) is 31.8. The number of aryl methyl sites for hydroxylation is 1. The van der Waals surface area contributed by atoms with Crippen molar-refractivity contribution in [3.05, 3.63) is 17.7 Å². The minimum absolute atomic E-state index is 0.564. The molecule has 0 atom stereocenters. The predicted molar refractivity (Wildman–Crippen MR) is 204 cm³/mol. The van der Waals surface area contributed by atoms with E-state index in [1.165, 1.54) is 192 Å². The van der Waals surface area contributed by atoms with Crippen molar-refractivity contribution in [2.24, 2.45) is 0 Å². The first-order valence-electron chi connectivity index (χ1n) is 19.8. The number of aromatic hydroxyl groups is 1. The van der Waals surface area contributed by atoms with Crippen LogP contribution in [-0.4, -0.2) is 16.6 Å². The molecule has 0 amide bonds. The summed E-state index contributed by atoms with van der Waals surface area (Å²) in [7, 11) is 0. The molecule has 0 aliphatic rings. The summed E-state index contributed by atoms with van der Waals surface area (Å²) in [5.41, 5.74) is 1.44. The number of thioether (sulfide) groups is 2. The molecule has 0 saturated carbocycles. The zero-order valence-electron chi connectivity index (χ0n) is 30.0. The third-order valence-corrected chi connectivity index (χ3v) is 11.4. The number of phenols is 1. The van der Waals surface area contributed by atoms with Gasteiger partial charge in [-0.05, 0) is 54.9 Å². The Kier molecular flexibility index (Phi) is 31.0. The minimum Gasteiger partial charge on any atom is -0.506 e. The van der Waals surface area contributed by atoms with Gasteiger partial charge in [0.15, 0.2) is 0 Å². The molecule has 1 N–H and O–H groups in total. The highest BCUT2D eigenvalue weighted by molar-refractivity contribution is 8.00. The van der Waals surface area contributed by atoms with Crippen LogP contribution in [0.3, 0.4) is 0 Å². The van der Waals surface area contributed by atoms with Crippen LogP contribution in [0.1, 0.15) is 213 Å². The van der Waals surface area contributed by atoms with Gasteiger partial charge in [-0.25, -0.2) is 0 Å². The Morgan fingerprint density at radius 3 is 0.977 bits per heavy atom. The van der Waals surface area contributed by atoms with E-state index in [9.17, 15) is 5.11 Å². The van der Waals surface area contributed by atoms with Crippen molar-refractivity contribution in [1.82, 2.24) is 0 Å². The average Bonchev–Trinajstić information content (AvgIpc) is 3.03. The van der Waals surface area contributed by atoms with Crippen LogP contribution >= 0.6 is 23.5 Å². The highest BCUT2D eigenvalue weighted by Gasteiger charge is 2.12. The van der Waals surface area contributed by atoms with Crippen molar-refractivity contribution in [1.29, 1.82) is 0 Å². The van der Waals surface area contributed by atoms with E-state index in [2.05, 4.69) is 32.9 Å². The van der Waals surface area contributed by atoms with Crippen LogP contribution < -0.4 is 0 Å². The fourth-order valence-electron chi connectivity index (χ4n) is 6.18. The third-order valence-electron chi connectivity index (χ3n) is 9.18. The van der Waals surface area contributed by atoms with Gasteiger partial charge in [0.05, 0.1) is 9.79 Å². The van der Waals surface area contributed by atoms with E-state index in [0.29, 0.717) is 5.75 Å². The lowest BCUT2D eigenvalue weighted by atomic mass is 10.0. The molecule has 1 nitrogen and oxygen atoms in total. The molecule has 0 aliphatic carbocycles. The third kappa shape index (κ3) is 24.9. The van der Waals surface area contributed by atoms with Crippen LogP contribution in [0.25, 0.3) is 0 Å². The second-order valence-corrected chi connectivity index (χ2v) is 15.9. The highest BCUT2D eigenvalue weighted by Crippen LogP contribution is 2.39. The van der Waals surface area contributed by atoms with Gasteiger partial charge in [0.2, 0.25) is 0 Å². The quantitative estimate of drug-likeness (QED) is 0.0593. The Bertz CT molecular complexity index is 684. The number of unbranched alkanes of at least 4 members (excludes halogenated alkanes) is 26. The molecular formula is C41H76OS2. The first-order valence-corrected chi connectivity index (χ1v) is 21.8. The molecule has 1 aromatic rings. The molecule has 1 rings (SSSR count). The molecule has 0 aromatic heterocycles. The second-order valence-electron chi connectivity index (χ2n) is 13.6. The predicted octanol–water partition coefficient (Wildman–Crippen LogP) is 15.5. The second kappa shape index (κ2) is 32.7. The molecule has 0 unspecified atom stereocenters. The maximum absolute atomic E-state index is 11.2. The summed E-state index contributed by atoms with van der Waals surface area (Å²) in [6, 6.07) is 4.64. The first-order chi connectivity index (χ1) is 21.7. The topological polar surface area (TPSA) is 20.2 Å². The van der Waals surface area contributed by atoms with Gasteiger partial charge in [0, 0.05) is 0 Å². The molecule has 0 heterocycles. The highest BCUT2D eigenvalue weighted by atomic mass is 32.2. The normalized spacial score (nSPS) is 11.5. The van der Waals surface area contributed by atoms with E-state index in [4.69, 9.17) is 0 Å². The van der Waals surface area contributed by atoms with Gasteiger partial charge in [-0.1, -0.05) is 188 Å². The molecule has 0 fully saturated rings. The molecule has 0 bridgehead atoms. The lowest BCUT2D eigenvalue weighted by Gasteiger charge is -2.13. The Labute approximate surface area is 285 Å². The van der Waals surface area contributed by atoms with Crippen LogP contribution in [0.2, 0.25) is 0 Å². The Hall–Kier alpha value is -0.280. The van der Waals surface area contributed by atoms with Gasteiger partial charge >= 0.3 is 0 Å². The van der Waals surface area contributed by atoms with E-state index in [-0.39, 0.29) is 0 Å². The maximum atomic E-state index is 11.2. The Morgan fingerprint density at radius 2 is 0.659 bits per heavy atom. The summed E-state index contributed by atoms with van der Waals surface area (Å²) in [4.78, 5) is 2.28. The lowest BCUT2D eigenvalue weighted by molar-refractivity contribution is 0.448. The number of hydrogen-bond donors (Lipinski definition) is 1. The smallest absolute Gasteiger partial charge is 0.142 e. The molecule has 3 heteroatoms. The fourth-order valence-corrected chi connectivity index (χ4v) is 8.35. The maximum Gasteiger partial charge on any atom is 0.142 e. The van der Waals surface area contributed by atoms with Crippen molar-refractivity contribution in [3.63, 3.8) is 0 Å². The Balaban J connectivity index is 2.39. The van der Waals surface area contributed by atoms with E-state index in [1.807, 2.05) is 23.5 Å². The van der Waals surface area contributed by atoms with Crippen molar-refractivity contribution in [2.45, 2.75) is 223 Å². The summed E-state index contributed by atoms with van der Waals surface area (Å²) in [6.07, 6.45) is 41.2. The largest absolute Gasteiger partial charge is 0.506 e. The molecule has 0 spiro atoms. The van der Waals surface area contributed by atoms with E-state index in [0.717, 1.165) is 27.7 Å². The molecule has 0 aliphatic heterocycles. The van der Waals surface area contributed by atoms with Crippen LogP contribution in [0.5, 0.6) is 5.75 Å². The van der Waals surface area contributed by atoms with Crippen molar-refractivity contribution in [2.75, 3.05) is 11.5 Å². The van der Waals surface area contributed by atoms with Crippen LogP contribution in [0.15, 0.2) is 21.9 Å².